The summed E-state index contributed by atoms with van der Waals surface area (Å²) in [6.07, 6.45) is 12.0. The van der Waals surface area contributed by atoms with Gasteiger partial charge in [0.2, 0.25) is 0 Å². The smallest absolute Gasteiger partial charge is 0.0460 e. The van der Waals surface area contributed by atoms with E-state index >= 15 is 0 Å². The van der Waals surface area contributed by atoms with E-state index in [-0.39, 0.29) is 0 Å². The van der Waals surface area contributed by atoms with Gasteiger partial charge in [-0.15, -0.1) is 11.6 Å². The van der Waals surface area contributed by atoms with Gasteiger partial charge in [-0.25, -0.2) is 0 Å². The fourth-order valence-corrected chi connectivity index (χ4v) is 2.21. The number of unbranched alkanes of at least 4 members (excludes halogenated alkanes) is 6. The molecule has 0 heterocycles. The Morgan fingerprint density at radius 2 is 1.50 bits per heavy atom. The third-order valence-corrected chi connectivity index (χ3v) is 3.30. The second-order valence-corrected chi connectivity index (χ2v) is 5.33. The van der Waals surface area contributed by atoms with Gasteiger partial charge in [0.05, 0.1) is 0 Å². The lowest BCUT2D eigenvalue weighted by molar-refractivity contribution is 0.553. The van der Waals surface area contributed by atoms with Crippen LogP contribution in [0.3, 0.4) is 0 Å². The molecule has 1 nitrogen and oxygen atoms in total. The summed E-state index contributed by atoms with van der Waals surface area (Å²) in [6.45, 7) is 6.57. The molecule has 1 N–H and O–H groups in total. The minimum Gasteiger partial charge on any atom is -0.315 e. The van der Waals surface area contributed by atoms with E-state index in [9.17, 15) is 0 Å². The SMILES string of the molecule is CCCCCCCCCNCC(Cl)CCC. The average Bonchev–Trinajstić information content (AvgIpc) is 2.27. The molecule has 0 aromatic rings. The number of rotatable bonds is 12. The molecule has 0 aromatic carbocycles. The number of alkyl halides is 1. The molecule has 0 rings (SSSR count). The molecule has 1 atom stereocenters. The van der Waals surface area contributed by atoms with E-state index in [0.717, 1.165) is 19.5 Å². The predicted octanol–water partition coefficient (Wildman–Crippen LogP) is 4.73. The molecule has 0 aliphatic rings. The van der Waals surface area contributed by atoms with Crippen LogP contribution in [-0.2, 0) is 0 Å². The summed E-state index contributed by atoms with van der Waals surface area (Å²) in [4.78, 5) is 0. The molecule has 0 aromatic heterocycles. The first kappa shape index (κ1) is 16.2. The van der Waals surface area contributed by atoms with Crippen LogP contribution in [0, 0.1) is 0 Å². The second kappa shape index (κ2) is 13.3. The first-order valence-corrected chi connectivity index (χ1v) is 7.59. The van der Waals surface area contributed by atoms with E-state index in [1.807, 2.05) is 0 Å². The Hall–Kier alpha value is 0.250. The van der Waals surface area contributed by atoms with E-state index in [2.05, 4.69) is 19.2 Å². The summed E-state index contributed by atoms with van der Waals surface area (Å²) in [6, 6.07) is 0. The summed E-state index contributed by atoms with van der Waals surface area (Å²) >= 11 is 6.12. The van der Waals surface area contributed by atoms with Crippen LogP contribution in [0.2, 0.25) is 0 Å². The van der Waals surface area contributed by atoms with Crippen molar-refractivity contribution >= 4 is 11.6 Å². The largest absolute Gasteiger partial charge is 0.315 e. The van der Waals surface area contributed by atoms with Gasteiger partial charge in [-0.1, -0.05) is 58.8 Å². The predicted molar refractivity (Wildman–Crippen MR) is 75.4 cm³/mol. The molecule has 0 amide bonds. The number of nitrogens with one attached hydrogen (secondary N) is 1. The van der Waals surface area contributed by atoms with Gasteiger partial charge >= 0.3 is 0 Å². The van der Waals surface area contributed by atoms with Crippen molar-refractivity contribution in [1.82, 2.24) is 5.32 Å². The van der Waals surface area contributed by atoms with Crippen LogP contribution in [0.5, 0.6) is 0 Å². The molecule has 0 saturated carbocycles. The first-order chi connectivity index (χ1) is 7.81. The quantitative estimate of drug-likeness (QED) is 0.388. The van der Waals surface area contributed by atoms with E-state index in [0.29, 0.717) is 5.38 Å². The molecule has 2 heteroatoms. The Labute approximate surface area is 107 Å². The van der Waals surface area contributed by atoms with Crippen molar-refractivity contribution in [3.8, 4) is 0 Å². The topological polar surface area (TPSA) is 12.0 Å². The highest BCUT2D eigenvalue weighted by Crippen LogP contribution is 2.06. The van der Waals surface area contributed by atoms with Crippen molar-refractivity contribution in [2.45, 2.75) is 77.0 Å². The van der Waals surface area contributed by atoms with E-state index < -0.39 is 0 Å². The molecule has 0 radical (unpaired) electrons. The molecular weight excluding hydrogens is 218 g/mol. The minimum absolute atomic E-state index is 0.328. The molecule has 0 saturated heterocycles. The van der Waals surface area contributed by atoms with Crippen molar-refractivity contribution in [2.75, 3.05) is 13.1 Å². The van der Waals surface area contributed by atoms with Gasteiger partial charge in [0.15, 0.2) is 0 Å². The molecular formula is C14H30ClN. The van der Waals surface area contributed by atoms with Crippen LogP contribution >= 0.6 is 11.6 Å². The summed E-state index contributed by atoms with van der Waals surface area (Å²) in [5.74, 6) is 0. The highest BCUT2D eigenvalue weighted by molar-refractivity contribution is 6.20. The molecule has 0 spiro atoms. The van der Waals surface area contributed by atoms with E-state index in [1.165, 1.54) is 51.4 Å². The minimum atomic E-state index is 0.328. The maximum absolute atomic E-state index is 6.12. The highest BCUT2D eigenvalue weighted by Gasteiger charge is 2.01. The van der Waals surface area contributed by atoms with Gasteiger partial charge in [0, 0.05) is 11.9 Å². The Morgan fingerprint density at radius 1 is 0.875 bits per heavy atom. The summed E-state index contributed by atoms with van der Waals surface area (Å²) < 4.78 is 0. The van der Waals surface area contributed by atoms with Crippen molar-refractivity contribution < 1.29 is 0 Å². The highest BCUT2D eigenvalue weighted by atomic mass is 35.5. The van der Waals surface area contributed by atoms with E-state index in [4.69, 9.17) is 11.6 Å². The zero-order valence-electron chi connectivity index (χ0n) is 11.2. The van der Waals surface area contributed by atoms with Gasteiger partial charge in [0.25, 0.3) is 0 Å². The molecule has 0 bridgehead atoms. The third-order valence-electron chi connectivity index (χ3n) is 2.92. The normalized spacial score (nSPS) is 12.9. The number of halogens is 1. The van der Waals surface area contributed by atoms with Crippen LogP contribution in [0.1, 0.15) is 71.6 Å². The Bertz CT molecular complexity index is 128. The summed E-state index contributed by atoms with van der Waals surface area (Å²) in [5.41, 5.74) is 0. The third kappa shape index (κ3) is 12.3. The van der Waals surface area contributed by atoms with Gasteiger partial charge in [-0.3, -0.25) is 0 Å². The molecule has 0 aliphatic carbocycles. The van der Waals surface area contributed by atoms with Crippen LogP contribution < -0.4 is 5.32 Å². The summed E-state index contributed by atoms with van der Waals surface area (Å²) in [5, 5.41) is 3.77. The zero-order chi connectivity index (χ0) is 12.1. The van der Waals surface area contributed by atoms with Crippen LogP contribution in [-0.4, -0.2) is 18.5 Å². The first-order valence-electron chi connectivity index (χ1n) is 7.16. The Balaban J connectivity index is 2.98. The van der Waals surface area contributed by atoms with Gasteiger partial charge in [-0.2, -0.15) is 0 Å². The second-order valence-electron chi connectivity index (χ2n) is 4.71. The maximum Gasteiger partial charge on any atom is 0.0460 e. The zero-order valence-corrected chi connectivity index (χ0v) is 12.0. The van der Waals surface area contributed by atoms with Crippen molar-refractivity contribution in [2.24, 2.45) is 0 Å². The molecule has 0 aliphatic heterocycles. The molecule has 98 valence electrons. The van der Waals surface area contributed by atoms with Gasteiger partial charge < -0.3 is 5.32 Å². The Kier molecular flexibility index (Phi) is 13.5. The van der Waals surface area contributed by atoms with Gasteiger partial charge in [-0.05, 0) is 19.4 Å². The van der Waals surface area contributed by atoms with Crippen molar-refractivity contribution in [3.05, 3.63) is 0 Å². The molecule has 1 unspecified atom stereocenters. The van der Waals surface area contributed by atoms with Gasteiger partial charge in [0.1, 0.15) is 0 Å². The number of hydrogen-bond donors (Lipinski definition) is 1. The van der Waals surface area contributed by atoms with Crippen molar-refractivity contribution in [3.63, 3.8) is 0 Å². The molecule has 16 heavy (non-hydrogen) atoms. The fraction of sp³-hybridized carbons (Fsp3) is 1.00. The summed E-state index contributed by atoms with van der Waals surface area (Å²) in [7, 11) is 0. The monoisotopic (exact) mass is 247 g/mol. The lowest BCUT2D eigenvalue weighted by Crippen LogP contribution is -2.24. The lowest BCUT2D eigenvalue weighted by atomic mass is 10.1. The van der Waals surface area contributed by atoms with E-state index in [1.54, 1.807) is 0 Å². The van der Waals surface area contributed by atoms with Crippen LogP contribution in [0.15, 0.2) is 0 Å². The fourth-order valence-electron chi connectivity index (χ4n) is 1.88. The standard InChI is InChI=1S/C14H30ClN/c1-3-5-6-7-8-9-10-12-16-13-14(15)11-4-2/h14,16H,3-13H2,1-2H3. The van der Waals surface area contributed by atoms with Crippen molar-refractivity contribution in [1.29, 1.82) is 0 Å². The maximum atomic E-state index is 6.12. The Morgan fingerprint density at radius 3 is 2.12 bits per heavy atom. The molecule has 0 fully saturated rings. The number of hydrogen-bond acceptors (Lipinski definition) is 1. The van der Waals surface area contributed by atoms with Crippen LogP contribution in [0.25, 0.3) is 0 Å². The van der Waals surface area contributed by atoms with Crippen LogP contribution in [0.4, 0.5) is 0 Å². The average molecular weight is 248 g/mol. The lowest BCUT2D eigenvalue weighted by Gasteiger charge is -2.09.